The van der Waals surface area contributed by atoms with E-state index in [0.717, 1.165) is 24.3 Å². The summed E-state index contributed by atoms with van der Waals surface area (Å²) in [5, 5.41) is 10.2. The molecule has 0 aliphatic heterocycles. The van der Waals surface area contributed by atoms with Crippen LogP contribution in [0.1, 0.15) is 0 Å². The highest BCUT2D eigenvalue weighted by atomic mass is 35.7. The highest BCUT2D eigenvalue weighted by Crippen LogP contribution is 2.44. The molecular formula is C6H5ClNO4P. The molecule has 0 heterocycles. The first-order valence-electron chi connectivity index (χ1n) is 3.19. The number of nitrogens with zero attached hydrogens (tertiary/aromatic N) is 1. The predicted molar refractivity (Wildman–Crippen MR) is 48.4 cm³/mol. The summed E-state index contributed by atoms with van der Waals surface area (Å²) >= 11 is 5.13. The minimum absolute atomic E-state index is 0.0141. The van der Waals surface area contributed by atoms with Gasteiger partial charge in [-0.15, -0.1) is 0 Å². The number of nitro groups is 1. The van der Waals surface area contributed by atoms with Crippen LogP contribution in [0.15, 0.2) is 24.3 Å². The van der Waals surface area contributed by atoms with E-state index in [1.807, 2.05) is 0 Å². The van der Waals surface area contributed by atoms with Gasteiger partial charge in [0.05, 0.1) is 10.2 Å². The quantitative estimate of drug-likeness (QED) is 0.468. The molecule has 0 saturated carbocycles. The minimum atomic E-state index is -3.82. The number of hydrogen-bond acceptors (Lipinski definition) is 3. The fraction of sp³-hybridized carbons (Fsp3) is 0. The van der Waals surface area contributed by atoms with Crippen LogP contribution in [0.25, 0.3) is 0 Å². The molecule has 1 aromatic carbocycles. The van der Waals surface area contributed by atoms with Gasteiger partial charge >= 0.3 is 6.72 Å². The van der Waals surface area contributed by atoms with E-state index in [-0.39, 0.29) is 11.0 Å². The average Bonchev–Trinajstić information content (AvgIpc) is 2.03. The molecule has 0 aliphatic carbocycles. The molecule has 1 aromatic rings. The van der Waals surface area contributed by atoms with Gasteiger partial charge in [-0.05, 0) is 23.4 Å². The molecule has 0 saturated heterocycles. The Labute approximate surface area is 78.4 Å². The van der Waals surface area contributed by atoms with Gasteiger partial charge in [-0.3, -0.25) is 14.7 Å². The van der Waals surface area contributed by atoms with Crippen molar-refractivity contribution < 1.29 is 14.4 Å². The fourth-order valence-electron chi connectivity index (χ4n) is 0.758. The van der Waals surface area contributed by atoms with Gasteiger partial charge in [-0.25, -0.2) is 0 Å². The summed E-state index contributed by atoms with van der Waals surface area (Å²) in [4.78, 5) is 18.5. The van der Waals surface area contributed by atoms with Crippen LogP contribution in [0.5, 0.6) is 0 Å². The second-order valence-corrected chi connectivity index (χ2v) is 5.17. The van der Waals surface area contributed by atoms with Crippen molar-refractivity contribution >= 4 is 29.0 Å². The summed E-state index contributed by atoms with van der Waals surface area (Å²) in [5.41, 5.74) is -0.145. The molecule has 1 N–H and O–H groups in total. The van der Waals surface area contributed by atoms with Gasteiger partial charge in [0.25, 0.3) is 5.69 Å². The Morgan fingerprint density at radius 3 is 2.15 bits per heavy atom. The van der Waals surface area contributed by atoms with Crippen molar-refractivity contribution in [2.24, 2.45) is 0 Å². The lowest BCUT2D eigenvalue weighted by molar-refractivity contribution is -0.384. The number of non-ortho nitro benzene ring substituents is 1. The van der Waals surface area contributed by atoms with Gasteiger partial charge in [-0.1, -0.05) is 0 Å². The molecule has 70 valence electrons. The molecule has 0 bridgehead atoms. The zero-order chi connectivity index (χ0) is 10.1. The van der Waals surface area contributed by atoms with Crippen molar-refractivity contribution in [2.75, 3.05) is 0 Å². The fourth-order valence-corrected chi connectivity index (χ4v) is 1.61. The molecule has 0 spiro atoms. The van der Waals surface area contributed by atoms with E-state index in [2.05, 4.69) is 0 Å². The van der Waals surface area contributed by atoms with Crippen LogP contribution in [0, 0.1) is 10.1 Å². The van der Waals surface area contributed by atoms with E-state index >= 15 is 0 Å². The largest absolute Gasteiger partial charge is 0.330 e. The maximum absolute atomic E-state index is 10.8. The SMILES string of the molecule is O=[N+]([O-])c1ccc(P(=O)(O)Cl)cc1. The highest BCUT2D eigenvalue weighted by Gasteiger charge is 2.17. The lowest BCUT2D eigenvalue weighted by atomic mass is 10.3. The molecule has 1 atom stereocenters. The normalized spacial score (nSPS) is 14.9. The number of hydrogen-bond donors (Lipinski definition) is 1. The van der Waals surface area contributed by atoms with Crippen LogP contribution in [-0.2, 0) is 4.57 Å². The van der Waals surface area contributed by atoms with Gasteiger partial charge in [0.15, 0.2) is 0 Å². The standard InChI is InChI=1S/C6H5ClNO4P/c7-13(11,12)6-3-1-5(2-4-6)8(9)10/h1-4H,(H,11,12). The average molecular weight is 222 g/mol. The molecule has 0 radical (unpaired) electrons. The summed E-state index contributed by atoms with van der Waals surface area (Å²) in [6.07, 6.45) is 0. The number of rotatable bonds is 2. The Morgan fingerprint density at radius 2 is 1.85 bits per heavy atom. The molecule has 0 fully saturated rings. The smallest absolute Gasteiger partial charge is 0.317 e. The third kappa shape index (κ3) is 2.52. The van der Waals surface area contributed by atoms with Crippen molar-refractivity contribution in [3.8, 4) is 0 Å². The summed E-state index contributed by atoms with van der Waals surface area (Å²) in [7, 11) is 0. The van der Waals surface area contributed by atoms with Crippen LogP contribution in [0.2, 0.25) is 0 Å². The lowest BCUT2D eigenvalue weighted by Crippen LogP contribution is -1.99. The molecule has 0 aliphatic rings. The first kappa shape index (κ1) is 10.2. The Balaban J connectivity index is 3.08. The van der Waals surface area contributed by atoms with E-state index in [9.17, 15) is 14.7 Å². The second kappa shape index (κ2) is 3.46. The van der Waals surface area contributed by atoms with E-state index in [1.165, 1.54) is 0 Å². The first-order chi connectivity index (χ1) is 5.91. The van der Waals surface area contributed by atoms with Crippen LogP contribution < -0.4 is 5.30 Å². The van der Waals surface area contributed by atoms with Crippen molar-refractivity contribution in [2.45, 2.75) is 0 Å². The predicted octanol–water partition coefficient (Wildman–Crippen LogP) is 1.64. The Hall–Kier alpha value is -0.900. The first-order valence-corrected chi connectivity index (χ1v) is 5.75. The van der Waals surface area contributed by atoms with Crippen molar-refractivity contribution in [1.29, 1.82) is 0 Å². The molecular weight excluding hydrogens is 216 g/mol. The van der Waals surface area contributed by atoms with Gasteiger partial charge in [-0.2, -0.15) is 0 Å². The molecule has 7 heteroatoms. The van der Waals surface area contributed by atoms with Gasteiger partial charge in [0, 0.05) is 12.1 Å². The molecule has 0 aromatic heterocycles. The third-order valence-electron chi connectivity index (χ3n) is 1.38. The number of nitro benzene ring substituents is 1. The maximum atomic E-state index is 10.8. The van der Waals surface area contributed by atoms with Gasteiger partial charge in [0.1, 0.15) is 0 Å². The van der Waals surface area contributed by atoms with Gasteiger partial charge < -0.3 is 4.89 Å². The summed E-state index contributed by atoms with van der Waals surface area (Å²) in [6.45, 7) is -3.82. The van der Waals surface area contributed by atoms with Crippen molar-refractivity contribution in [3.63, 3.8) is 0 Å². The monoisotopic (exact) mass is 221 g/mol. The van der Waals surface area contributed by atoms with Crippen LogP contribution >= 0.6 is 18.0 Å². The molecule has 13 heavy (non-hydrogen) atoms. The molecule has 0 amide bonds. The topological polar surface area (TPSA) is 80.4 Å². The Morgan fingerprint density at radius 1 is 1.38 bits per heavy atom. The molecule has 1 rings (SSSR count). The zero-order valence-corrected chi connectivity index (χ0v) is 7.90. The third-order valence-corrected chi connectivity index (χ3v) is 2.90. The summed E-state index contributed by atoms with van der Waals surface area (Å²) in [5.74, 6) is 0. The van der Waals surface area contributed by atoms with E-state index < -0.39 is 11.6 Å². The van der Waals surface area contributed by atoms with Crippen molar-refractivity contribution in [1.82, 2.24) is 0 Å². The Bertz CT molecular complexity index is 371. The van der Waals surface area contributed by atoms with Gasteiger partial charge in [0.2, 0.25) is 0 Å². The van der Waals surface area contributed by atoms with E-state index in [4.69, 9.17) is 16.1 Å². The van der Waals surface area contributed by atoms with Crippen LogP contribution in [0.3, 0.4) is 0 Å². The Kier molecular flexibility index (Phi) is 2.71. The summed E-state index contributed by atoms with van der Waals surface area (Å²) < 4.78 is 10.8. The zero-order valence-electron chi connectivity index (χ0n) is 6.25. The van der Waals surface area contributed by atoms with Crippen molar-refractivity contribution in [3.05, 3.63) is 34.4 Å². The summed E-state index contributed by atoms with van der Waals surface area (Å²) in [6, 6.07) is 4.57. The van der Waals surface area contributed by atoms with E-state index in [1.54, 1.807) is 0 Å². The molecule has 5 nitrogen and oxygen atoms in total. The molecule has 1 unspecified atom stereocenters. The number of benzene rings is 1. The highest BCUT2D eigenvalue weighted by molar-refractivity contribution is 7.90. The number of halogens is 1. The minimum Gasteiger partial charge on any atom is -0.330 e. The lowest BCUT2D eigenvalue weighted by Gasteiger charge is -2.00. The maximum Gasteiger partial charge on any atom is 0.317 e. The second-order valence-electron chi connectivity index (χ2n) is 2.28. The van der Waals surface area contributed by atoms with Crippen LogP contribution in [-0.4, -0.2) is 9.82 Å². The van der Waals surface area contributed by atoms with Crippen LogP contribution in [0.4, 0.5) is 5.69 Å². The van der Waals surface area contributed by atoms with E-state index in [0.29, 0.717) is 0 Å².